The third-order valence-electron chi connectivity index (χ3n) is 5.93. The molecule has 1 aliphatic heterocycles. The minimum atomic E-state index is -0.154. The molecule has 32 heavy (non-hydrogen) atoms. The predicted octanol–water partition coefficient (Wildman–Crippen LogP) is 5.17. The minimum absolute atomic E-state index is 0.0630. The van der Waals surface area contributed by atoms with E-state index >= 15 is 0 Å². The molecule has 1 aliphatic rings. The fourth-order valence-electron chi connectivity index (χ4n) is 4.25. The van der Waals surface area contributed by atoms with Gasteiger partial charge in [-0.25, -0.2) is 0 Å². The van der Waals surface area contributed by atoms with Crippen LogP contribution in [-0.2, 0) is 0 Å². The van der Waals surface area contributed by atoms with Gasteiger partial charge in [-0.2, -0.15) is 15.0 Å². The van der Waals surface area contributed by atoms with Crippen LogP contribution >= 0.6 is 11.6 Å². The fraction of sp³-hybridized carbons (Fsp3) is 0.250. The molecule has 0 N–H and O–H groups in total. The standard InChI is InChI=1S/C24H22ClN5O2/c1-15-8-9-21(30-26-10-11-27-30)18(13-15)24(31)29-12-4-7-22(29)20-14-23(32-28-20)17-5-3-6-19(25)16(17)2/h3,5-6,8-11,13-14,22H,4,7,12H2,1-2H3. The van der Waals surface area contributed by atoms with Crippen LogP contribution < -0.4 is 0 Å². The smallest absolute Gasteiger partial charge is 0.256 e. The summed E-state index contributed by atoms with van der Waals surface area (Å²) in [4.78, 5) is 17.0. The number of amides is 1. The average Bonchev–Trinajstić information content (AvgIpc) is 3.56. The Labute approximate surface area is 190 Å². The number of rotatable bonds is 4. The molecule has 0 saturated carbocycles. The highest BCUT2D eigenvalue weighted by molar-refractivity contribution is 6.31. The van der Waals surface area contributed by atoms with E-state index in [2.05, 4.69) is 15.4 Å². The lowest BCUT2D eigenvalue weighted by Crippen LogP contribution is -2.31. The number of nitrogens with zero attached hydrogens (tertiary/aromatic N) is 5. The largest absolute Gasteiger partial charge is 0.356 e. The number of aromatic nitrogens is 4. The number of carbonyl (C=O) groups is 1. The minimum Gasteiger partial charge on any atom is -0.356 e. The Hall–Kier alpha value is -3.45. The molecule has 5 rings (SSSR count). The van der Waals surface area contributed by atoms with Crippen molar-refractivity contribution in [1.82, 2.24) is 25.1 Å². The summed E-state index contributed by atoms with van der Waals surface area (Å²) in [7, 11) is 0. The number of aryl methyl sites for hydroxylation is 1. The molecule has 0 bridgehead atoms. The first-order valence-electron chi connectivity index (χ1n) is 10.5. The average molecular weight is 448 g/mol. The summed E-state index contributed by atoms with van der Waals surface area (Å²) in [6.07, 6.45) is 4.92. The summed E-state index contributed by atoms with van der Waals surface area (Å²) in [5.74, 6) is 0.586. The Morgan fingerprint density at radius 1 is 1.12 bits per heavy atom. The van der Waals surface area contributed by atoms with Gasteiger partial charge in [0.1, 0.15) is 5.69 Å². The number of likely N-dealkylation sites (tertiary alicyclic amines) is 1. The van der Waals surface area contributed by atoms with Gasteiger partial charge in [-0.15, -0.1) is 0 Å². The van der Waals surface area contributed by atoms with E-state index in [0.29, 0.717) is 28.6 Å². The molecule has 162 valence electrons. The van der Waals surface area contributed by atoms with Crippen LogP contribution in [-0.4, -0.2) is 37.5 Å². The highest BCUT2D eigenvalue weighted by atomic mass is 35.5. The molecule has 8 heteroatoms. The van der Waals surface area contributed by atoms with Crippen molar-refractivity contribution in [3.63, 3.8) is 0 Å². The molecule has 0 aliphatic carbocycles. The molecule has 3 heterocycles. The van der Waals surface area contributed by atoms with Crippen molar-refractivity contribution in [2.24, 2.45) is 0 Å². The SMILES string of the molecule is Cc1ccc(-n2nccn2)c(C(=O)N2CCCC2c2cc(-c3cccc(Cl)c3C)on2)c1. The normalized spacial score (nSPS) is 16.0. The summed E-state index contributed by atoms with van der Waals surface area (Å²) < 4.78 is 5.66. The highest BCUT2D eigenvalue weighted by Gasteiger charge is 2.34. The molecule has 1 saturated heterocycles. The van der Waals surface area contributed by atoms with E-state index < -0.39 is 0 Å². The second kappa shape index (κ2) is 8.24. The zero-order valence-electron chi connectivity index (χ0n) is 17.8. The van der Waals surface area contributed by atoms with Gasteiger partial charge >= 0.3 is 0 Å². The number of carbonyl (C=O) groups excluding carboxylic acids is 1. The molecule has 0 radical (unpaired) electrons. The Balaban J connectivity index is 1.48. The van der Waals surface area contributed by atoms with Gasteiger partial charge in [0, 0.05) is 23.2 Å². The third kappa shape index (κ3) is 3.58. The van der Waals surface area contributed by atoms with Gasteiger partial charge in [0.05, 0.1) is 29.7 Å². The topological polar surface area (TPSA) is 77.0 Å². The molecular formula is C24H22ClN5O2. The lowest BCUT2D eigenvalue weighted by atomic mass is 10.0. The van der Waals surface area contributed by atoms with Gasteiger partial charge < -0.3 is 9.42 Å². The molecule has 4 aromatic rings. The molecular weight excluding hydrogens is 426 g/mol. The zero-order chi connectivity index (χ0) is 22.2. The van der Waals surface area contributed by atoms with Gasteiger partial charge in [-0.1, -0.05) is 40.5 Å². The van der Waals surface area contributed by atoms with E-state index in [0.717, 1.165) is 35.2 Å². The van der Waals surface area contributed by atoms with Crippen LogP contribution in [0.2, 0.25) is 5.02 Å². The maximum Gasteiger partial charge on any atom is 0.256 e. The van der Waals surface area contributed by atoms with Crippen LogP contribution in [0.25, 0.3) is 17.0 Å². The molecule has 1 atom stereocenters. The van der Waals surface area contributed by atoms with Crippen LogP contribution in [0.3, 0.4) is 0 Å². The van der Waals surface area contributed by atoms with E-state index in [4.69, 9.17) is 16.1 Å². The highest BCUT2D eigenvalue weighted by Crippen LogP contribution is 2.36. The van der Waals surface area contributed by atoms with E-state index in [9.17, 15) is 4.79 Å². The monoisotopic (exact) mass is 447 g/mol. The summed E-state index contributed by atoms with van der Waals surface area (Å²) in [5, 5.41) is 13.4. The van der Waals surface area contributed by atoms with Crippen LogP contribution in [0, 0.1) is 13.8 Å². The molecule has 1 unspecified atom stereocenters. The molecule has 1 fully saturated rings. The number of hydrogen-bond donors (Lipinski definition) is 0. The number of benzene rings is 2. The Kier molecular flexibility index (Phi) is 5.27. The van der Waals surface area contributed by atoms with Crippen molar-refractivity contribution in [2.75, 3.05) is 6.54 Å². The maximum atomic E-state index is 13.7. The van der Waals surface area contributed by atoms with Crippen molar-refractivity contribution in [1.29, 1.82) is 0 Å². The molecule has 0 spiro atoms. The Bertz CT molecular complexity index is 1280. The maximum absolute atomic E-state index is 13.7. The first-order valence-corrected chi connectivity index (χ1v) is 10.9. The Morgan fingerprint density at radius 2 is 1.94 bits per heavy atom. The van der Waals surface area contributed by atoms with E-state index in [-0.39, 0.29) is 11.9 Å². The zero-order valence-corrected chi connectivity index (χ0v) is 18.6. The second-order valence-corrected chi connectivity index (χ2v) is 8.43. The lowest BCUT2D eigenvalue weighted by molar-refractivity contribution is 0.0730. The van der Waals surface area contributed by atoms with Crippen molar-refractivity contribution in [3.05, 3.63) is 82.3 Å². The van der Waals surface area contributed by atoms with Crippen LogP contribution in [0.4, 0.5) is 0 Å². The van der Waals surface area contributed by atoms with Gasteiger partial charge in [0.15, 0.2) is 5.76 Å². The quantitative estimate of drug-likeness (QED) is 0.431. The van der Waals surface area contributed by atoms with Gasteiger partial charge in [0.2, 0.25) is 0 Å². The van der Waals surface area contributed by atoms with Crippen molar-refractivity contribution in [3.8, 4) is 17.0 Å². The lowest BCUT2D eigenvalue weighted by Gasteiger charge is -2.24. The fourth-order valence-corrected chi connectivity index (χ4v) is 4.43. The van der Waals surface area contributed by atoms with Crippen molar-refractivity contribution < 1.29 is 9.32 Å². The van der Waals surface area contributed by atoms with E-state index in [1.165, 1.54) is 4.80 Å². The van der Waals surface area contributed by atoms with Gasteiger partial charge in [-0.05, 0) is 50.5 Å². The molecule has 2 aromatic heterocycles. The molecule has 2 aromatic carbocycles. The number of halogens is 1. The summed E-state index contributed by atoms with van der Waals surface area (Å²) in [5.41, 5.74) is 4.82. The van der Waals surface area contributed by atoms with Crippen LogP contribution in [0.5, 0.6) is 0 Å². The predicted molar refractivity (Wildman–Crippen MR) is 121 cm³/mol. The number of hydrogen-bond acceptors (Lipinski definition) is 5. The van der Waals surface area contributed by atoms with Gasteiger partial charge in [-0.3, -0.25) is 4.79 Å². The van der Waals surface area contributed by atoms with E-state index in [1.54, 1.807) is 12.4 Å². The summed E-state index contributed by atoms with van der Waals surface area (Å²) in [6.45, 7) is 4.57. The first-order chi connectivity index (χ1) is 15.5. The third-order valence-corrected chi connectivity index (χ3v) is 6.34. The molecule has 1 amide bonds. The summed E-state index contributed by atoms with van der Waals surface area (Å²) >= 11 is 6.27. The van der Waals surface area contributed by atoms with Crippen molar-refractivity contribution in [2.45, 2.75) is 32.7 Å². The van der Waals surface area contributed by atoms with Crippen molar-refractivity contribution >= 4 is 17.5 Å². The Morgan fingerprint density at radius 3 is 2.75 bits per heavy atom. The van der Waals surface area contributed by atoms with E-state index in [1.807, 2.05) is 61.2 Å². The molecule has 7 nitrogen and oxygen atoms in total. The first kappa shape index (κ1) is 20.5. The van der Waals surface area contributed by atoms with Crippen LogP contribution in [0.15, 0.2) is 59.4 Å². The summed E-state index contributed by atoms with van der Waals surface area (Å²) in [6, 6.07) is 13.2. The van der Waals surface area contributed by atoms with Gasteiger partial charge in [0.25, 0.3) is 5.91 Å². The second-order valence-electron chi connectivity index (χ2n) is 8.02. The van der Waals surface area contributed by atoms with Crippen LogP contribution in [0.1, 0.15) is 46.1 Å².